The van der Waals surface area contributed by atoms with Gasteiger partial charge >= 0.3 is 0 Å². The van der Waals surface area contributed by atoms with Gasteiger partial charge in [-0.05, 0) is 45.2 Å². The van der Waals surface area contributed by atoms with Crippen molar-refractivity contribution in [3.05, 3.63) is 29.6 Å². The van der Waals surface area contributed by atoms with Crippen molar-refractivity contribution in [3.63, 3.8) is 0 Å². The van der Waals surface area contributed by atoms with E-state index in [0.29, 0.717) is 18.0 Å². The lowest BCUT2D eigenvalue weighted by Gasteiger charge is -2.20. The molecule has 5 heteroatoms. The maximum absolute atomic E-state index is 12.1. The maximum atomic E-state index is 12.1. The van der Waals surface area contributed by atoms with Gasteiger partial charge in [0.1, 0.15) is 5.69 Å². The molecule has 0 unspecified atom stereocenters. The summed E-state index contributed by atoms with van der Waals surface area (Å²) in [6.45, 7) is 10.5. The zero-order valence-electron chi connectivity index (χ0n) is 13.5. The van der Waals surface area contributed by atoms with Crippen LogP contribution in [0.25, 0.3) is 0 Å². The van der Waals surface area contributed by atoms with E-state index in [9.17, 15) is 9.59 Å². The van der Waals surface area contributed by atoms with Crippen LogP contribution in [0.5, 0.6) is 0 Å². The van der Waals surface area contributed by atoms with Gasteiger partial charge in [0.2, 0.25) is 0 Å². The van der Waals surface area contributed by atoms with Crippen LogP contribution in [0.4, 0.5) is 0 Å². The van der Waals surface area contributed by atoms with E-state index in [4.69, 9.17) is 0 Å². The molecule has 2 amide bonds. The summed E-state index contributed by atoms with van der Waals surface area (Å²) in [5.41, 5.74) is 0.384. The van der Waals surface area contributed by atoms with Gasteiger partial charge in [0.05, 0.1) is 0 Å². The lowest BCUT2D eigenvalue weighted by atomic mass is 10.1. The van der Waals surface area contributed by atoms with Crippen LogP contribution in [-0.4, -0.2) is 28.9 Å². The van der Waals surface area contributed by atoms with E-state index in [1.165, 1.54) is 12.3 Å². The Morgan fingerprint density at radius 3 is 2.48 bits per heavy atom. The van der Waals surface area contributed by atoms with Crippen LogP contribution in [0.3, 0.4) is 0 Å². The molecule has 0 saturated carbocycles. The van der Waals surface area contributed by atoms with E-state index in [2.05, 4.69) is 29.5 Å². The molecule has 1 heterocycles. The molecule has 21 heavy (non-hydrogen) atoms. The molecule has 0 spiro atoms. The second-order valence-electron chi connectivity index (χ2n) is 6.57. The summed E-state index contributed by atoms with van der Waals surface area (Å²) < 4.78 is 0. The molecule has 0 aliphatic rings. The smallest absolute Gasteiger partial charge is 0.269 e. The minimum Gasteiger partial charge on any atom is -0.351 e. The largest absolute Gasteiger partial charge is 0.351 e. The molecule has 1 aromatic heterocycles. The quantitative estimate of drug-likeness (QED) is 0.875. The monoisotopic (exact) mass is 291 g/mol. The molecule has 0 saturated heterocycles. The van der Waals surface area contributed by atoms with Gasteiger partial charge < -0.3 is 10.6 Å². The Morgan fingerprint density at radius 2 is 1.90 bits per heavy atom. The summed E-state index contributed by atoms with van der Waals surface area (Å²) >= 11 is 0. The van der Waals surface area contributed by atoms with Gasteiger partial charge in [-0.25, -0.2) is 0 Å². The molecule has 1 aromatic rings. The summed E-state index contributed by atoms with van der Waals surface area (Å²) in [5.74, 6) is 0.0735. The fourth-order valence-electron chi connectivity index (χ4n) is 1.67. The van der Waals surface area contributed by atoms with E-state index in [1.807, 2.05) is 20.8 Å². The van der Waals surface area contributed by atoms with Gasteiger partial charge in [0.15, 0.2) is 0 Å². The van der Waals surface area contributed by atoms with Gasteiger partial charge in [0.25, 0.3) is 11.8 Å². The van der Waals surface area contributed by atoms with Crippen molar-refractivity contribution in [2.24, 2.45) is 5.92 Å². The summed E-state index contributed by atoms with van der Waals surface area (Å²) in [5, 5.41) is 5.67. The third-order valence-electron chi connectivity index (χ3n) is 2.75. The number of rotatable bonds is 5. The summed E-state index contributed by atoms with van der Waals surface area (Å²) in [4.78, 5) is 28.1. The first-order chi connectivity index (χ1) is 9.69. The average molecular weight is 291 g/mol. The van der Waals surface area contributed by atoms with E-state index >= 15 is 0 Å². The molecule has 0 radical (unpaired) electrons. The fraction of sp³-hybridized carbons (Fsp3) is 0.562. The van der Waals surface area contributed by atoms with Crippen molar-refractivity contribution in [3.8, 4) is 0 Å². The maximum Gasteiger partial charge on any atom is 0.269 e. The SMILES string of the molecule is CC(C)CCNC(=O)c1cc(C(=O)NC(C)(C)C)ccn1. The molecule has 0 aliphatic heterocycles. The lowest BCUT2D eigenvalue weighted by Crippen LogP contribution is -2.40. The molecule has 116 valence electrons. The zero-order valence-corrected chi connectivity index (χ0v) is 13.5. The third-order valence-corrected chi connectivity index (χ3v) is 2.75. The highest BCUT2D eigenvalue weighted by atomic mass is 16.2. The first-order valence-corrected chi connectivity index (χ1v) is 7.26. The van der Waals surface area contributed by atoms with E-state index in [0.717, 1.165) is 6.42 Å². The zero-order chi connectivity index (χ0) is 16.0. The van der Waals surface area contributed by atoms with Crippen LogP contribution in [-0.2, 0) is 0 Å². The molecule has 2 N–H and O–H groups in total. The van der Waals surface area contributed by atoms with Gasteiger partial charge in [-0.2, -0.15) is 0 Å². The summed E-state index contributed by atoms with van der Waals surface area (Å²) in [6.07, 6.45) is 2.39. The number of pyridine rings is 1. The first kappa shape index (κ1) is 17.1. The van der Waals surface area contributed by atoms with E-state index in [-0.39, 0.29) is 23.0 Å². The fourth-order valence-corrected chi connectivity index (χ4v) is 1.67. The number of aromatic nitrogens is 1. The lowest BCUT2D eigenvalue weighted by molar-refractivity contribution is 0.0919. The van der Waals surface area contributed by atoms with Crippen molar-refractivity contribution >= 4 is 11.8 Å². The van der Waals surface area contributed by atoms with Crippen LogP contribution in [0.2, 0.25) is 0 Å². The Labute approximate surface area is 126 Å². The van der Waals surface area contributed by atoms with Crippen LogP contribution in [0.15, 0.2) is 18.3 Å². The molecule has 0 atom stereocenters. The van der Waals surface area contributed by atoms with Crippen molar-refractivity contribution in [2.45, 2.75) is 46.6 Å². The molecular weight excluding hydrogens is 266 g/mol. The van der Waals surface area contributed by atoms with Crippen LogP contribution < -0.4 is 10.6 Å². The number of hydrogen-bond acceptors (Lipinski definition) is 3. The van der Waals surface area contributed by atoms with Gasteiger partial charge in [-0.15, -0.1) is 0 Å². The van der Waals surface area contributed by atoms with Gasteiger partial charge in [0, 0.05) is 23.8 Å². The van der Waals surface area contributed by atoms with Crippen LogP contribution in [0, 0.1) is 5.92 Å². The number of carbonyl (C=O) groups is 2. The Hall–Kier alpha value is -1.91. The number of nitrogens with zero attached hydrogens (tertiary/aromatic N) is 1. The molecule has 5 nitrogen and oxygen atoms in total. The molecular formula is C16H25N3O2. The van der Waals surface area contributed by atoms with Crippen LogP contribution in [0.1, 0.15) is 61.9 Å². The topological polar surface area (TPSA) is 71.1 Å². The van der Waals surface area contributed by atoms with Crippen molar-refractivity contribution in [1.82, 2.24) is 15.6 Å². The minimum atomic E-state index is -0.319. The van der Waals surface area contributed by atoms with E-state index in [1.54, 1.807) is 6.07 Å². The predicted octanol–water partition coefficient (Wildman–Crippen LogP) is 2.39. The van der Waals surface area contributed by atoms with Crippen molar-refractivity contribution in [2.75, 3.05) is 6.54 Å². The van der Waals surface area contributed by atoms with Crippen LogP contribution >= 0.6 is 0 Å². The predicted molar refractivity (Wildman–Crippen MR) is 83.2 cm³/mol. The molecule has 0 aromatic carbocycles. The van der Waals surface area contributed by atoms with Gasteiger partial charge in [-0.1, -0.05) is 13.8 Å². The average Bonchev–Trinajstić information content (AvgIpc) is 2.36. The summed E-state index contributed by atoms with van der Waals surface area (Å²) in [7, 11) is 0. The second kappa shape index (κ2) is 7.20. The summed E-state index contributed by atoms with van der Waals surface area (Å²) in [6, 6.07) is 3.12. The molecule has 1 rings (SSSR count). The highest BCUT2D eigenvalue weighted by molar-refractivity contribution is 5.98. The Morgan fingerprint density at radius 1 is 1.24 bits per heavy atom. The normalized spacial score (nSPS) is 11.3. The van der Waals surface area contributed by atoms with Gasteiger partial charge in [-0.3, -0.25) is 14.6 Å². The second-order valence-corrected chi connectivity index (χ2v) is 6.57. The standard InChI is InChI=1S/C16H25N3O2/c1-11(2)6-8-18-15(21)13-10-12(7-9-17-13)14(20)19-16(3,4)5/h7,9-11H,6,8H2,1-5H3,(H,18,21)(H,19,20). The number of hydrogen-bond donors (Lipinski definition) is 2. The molecule has 0 bridgehead atoms. The number of nitrogens with one attached hydrogen (secondary N) is 2. The Balaban J connectivity index is 2.71. The van der Waals surface area contributed by atoms with Crippen molar-refractivity contribution < 1.29 is 9.59 Å². The Kier molecular flexibility index (Phi) is 5.88. The number of amides is 2. The third kappa shape index (κ3) is 6.38. The number of carbonyl (C=O) groups excluding carboxylic acids is 2. The highest BCUT2D eigenvalue weighted by Crippen LogP contribution is 2.06. The van der Waals surface area contributed by atoms with E-state index < -0.39 is 0 Å². The molecule has 0 aliphatic carbocycles. The minimum absolute atomic E-state index is 0.207. The Bertz CT molecular complexity index is 504. The highest BCUT2D eigenvalue weighted by Gasteiger charge is 2.17. The first-order valence-electron chi connectivity index (χ1n) is 7.26. The molecule has 0 fully saturated rings. The van der Waals surface area contributed by atoms with Crippen molar-refractivity contribution in [1.29, 1.82) is 0 Å².